The molecule has 2 aromatic rings. The highest BCUT2D eigenvalue weighted by atomic mass is 35.5. The summed E-state index contributed by atoms with van der Waals surface area (Å²) < 4.78 is 5.46. The van der Waals surface area contributed by atoms with Crippen molar-refractivity contribution in [3.05, 3.63) is 58.6 Å². The number of hydrogen-bond donors (Lipinski definition) is 2. The number of aliphatic hydroxyl groups excluding tert-OH is 1. The van der Waals surface area contributed by atoms with E-state index in [-0.39, 0.29) is 6.61 Å². The number of rotatable bonds is 6. The number of nitrogens with one attached hydrogen (secondary N) is 1. The van der Waals surface area contributed by atoms with Crippen LogP contribution in [0.1, 0.15) is 0 Å². The number of para-hydroxylation sites is 1. The lowest BCUT2D eigenvalue weighted by Gasteiger charge is -2.14. The third-order valence-corrected chi connectivity index (χ3v) is 3.17. The van der Waals surface area contributed by atoms with Gasteiger partial charge in [0.25, 0.3) is 0 Å². The average molecular weight is 312 g/mol. The van der Waals surface area contributed by atoms with Crippen LogP contribution in [0.5, 0.6) is 5.75 Å². The van der Waals surface area contributed by atoms with Crippen LogP contribution in [0.25, 0.3) is 0 Å². The quantitative estimate of drug-likeness (QED) is 0.851. The molecule has 0 amide bonds. The Balaban J connectivity index is 1.79. The Labute approximate surface area is 128 Å². The normalized spacial score (nSPS) is 11.9. The molecule has 3 nitrogen and oxygen atoms in total. The standard InChI is InChI=1S/C15H15Cl2NO2/c16-11-6-7-15(14(17)8-11)20-10-13(19)9-18-12-4-2-1-3-5-12/h1-8,13,18-19H,9-10H2. The molecule has 0 fully saturated rings. The molecule has 0 aliphatic heterocycles. The van der Waals surface area contributed by atoms with Crippen LogP contribution in [0.2, 0.25) is 10.0 Å². The zero-order valence-electron chi connectivity index (χ0n) is 10.7. The van der Waals surface area contributed by atoms with Gasteiger partial charge in [-0.15, -0.1) is 0 Å². The van der Waals surface area contributed by atoms with E-state index < -0.39 is 6.10 Å². The Morgan fingerprint density at radius 3 is 2.55 bits per heavy atom. The topological polar surface area (TPSA) is 41.5 Å². The third kappa shape index (κ3) is 4.60. The lowest BCUT2D eigenvalue weighted by Crippen LogP contribution is -2.26. The smallest absolute Gasteiger partial charge is 0.138 e. The second-order valence-electron chi connectivity index (χ2n) is 4.29. The zero-order valence-corrected chi connectivity index (χ0v) is 12.2. The van der Waals surface area contributed by atoms with E-state index >= 15 is 0 Å². The minimum atomic E-state index is -0.637. The summed E-state index contributed by atoms with van der Waals surface area (Å²) in [7, 11) is 0. The molecule has 2 N–H and O–H groups in total. The van der Waals surface area contributed by atoms with Crippen molar-refractivity contribution >= 4 is 28.9 Å². The average Bonchev–Trinajstić information content (AvgIpc) is 2.45. The summed E-state index contributed by atoms with van der Waals surface area (Å²) in [6, 6.07) is 14.6. The Hall–Kier alpha value is -1.42. The van der Waals surface area contributed by atoms with Crippen LogP contribution in [-0.2, 0) is 0 Å². The fourth-order valence-corrected chi connectivity index (χ4v) is 2.09. The monoisotopic (exact) mass is 311 g/mol. The van der Waals surface area contributed by atoms with Crippen LogP contribution >= 0.6 is 23.2 Å². The van der Waals surface area contributed by atoms with E-state index in [0.717, 1.165) is 5.69 Å². The number of halogens is 2. The van der Waals surface area contributed by atoms with Gasteiger partial charge in [0.1, 0.15) is 18.5 Å². The van der Waals surface area contributed by atoms with E-state index in [9.17, 15) is 5.11 Å². The van der Waals surface area contributed by atoms with Crippen LogP contribution < -0.4 is 10.1 Å². The molecule has 0 bridgehead atoms. The van der Waals surface area contributed by atoms with Gasteiger partial charge in [-0.3, -0.25) is 0 Å². The molecular formula is C15H15Cl2NO2. The molecule has 0 saturated heterocycles. The van der Waals surface area contributed by atoms with Crippen molar-refractivity contribution in [3.8, 4) is 5.75 Å². The lowest BCUT2D eigenvalue weighted by molar-refractivity contribution is 0.117. The zero-order chi connectivity index (χ0) is 14.4. The van der Waals surface area contributed by atoms with Crippen LogP contribution in [0, 0.1) is 0 Å². The van der Waals surface area contributed by atoms with Gasteiger partial charge >= 0.3 is 0 Å². The van der Waals surface area contributed by atoms with Crippen LogP contribution in [0.15, 0.2) is 48.5 Å². The van der Waals surface area contributed by atoms with Gasteiger partial charge in [-0.2, -0.15) is 0 Å². The summed E-state index contributed by atoms with van der Waals surface area (Å²) in [4.78, 5) is 0. The summed E-state index contributed by atoms with van der Waals surface area (Å²) in [6.07, 6.45) is -0.637. The van der Waals surface area contributed by atoms with Crippen molar-refractivity contribution in [1.29, 1.82) is 0 Å². The van der Waals surface area contributed by atoms with E-state index in [1.54, 1.807) is 18.2 Å². The largest absolute Gasteiger partial charge is 0.489 e. The van der Waals surface area contributed by atoms with Gasteiger partial charge < -0.3 is 15.2 Å². The van der Waals surface area contributed by atoms with Gasteiger partial charge in [0, 0.05) is 17.3 Å². The molecule has 106 valence electrons. The van der Waals surface area contributed by atoms with E-state index in [2.05, 4.69) is 5.32 Å². The van der Waals surface area contributed by atoms with E-state index in [1.807, 2.05) is 30.3 Å². The first-order chi connectivity index (χ1) is 9.65. The van der Waals surface area contributed by atoms with Crippen LogP contribution in [-0.4, -0.2) is 24.4 Å². The molecule has 0 heterocycles. The highest BCUT2D eigenvalue weighted by Crippen LogP contribution is 2.27. The number of benzene rings is 2. The molecule has 1 atom stereocenters. The van der Waals surface area contributed by atoms with Gasteiger partial charge in [0.2, 0.25) is 0 Å². The molecule has 2 aromatic carbocycles. The molecule has 0 saturated carbocycles. The fraction of sp³-hybridized carbons (Fsp3) is 0.200. The lowest BCUT2D eigenvalue weighted by atomic mass is 10.3. The Morgan fingerprint density at radius 1 is 1.10 bits per heavy atom. The first-order valence-corrected chi connectivity index (χ1v) is 6.95. The third-order valence-electron chi connectivity index (χ3n) is 2.64. The first-order valence-electron chi connectivity index (χ1n) is 6.20. The maximum atomic E-state index is 9.86. The van der Waals surface area contributed by atoms with Crippen LogP contribution in [0.3, 0.4) is 0 Å². The molecule has 0 aliphatic rings. The van der Waals surface area contributed by atoms with Crippen molar-refractivity contribution < 1.29 is 9.84 Å². The molecule has 0 radical (unpaired) electrons. The van der Waals surface area contributed by atoms with Gasteiger partial charge in [-0.05, 0) is 30.3 Å². The summed E-state index contributed by atoms with van der Waals surface area (Å²) in [5, 5.41) is 14.0. The highest BCUT2D eigenvalue weighted by molar-refractivity contribution is 6.35. The second-order valence-corrected chi connectivity index (χ2v) is 5.13. The van der Waals surface area contributed by atoms with Gasteiger partial charge in [-0.1, -0.05) is 41.4 Å². The maximum absolute atomic E-state index is 9.86. The number of hydrogen-bond acceptors (Lipinski definition) is 3. The second kappa shape index (κ2) is 7.39. The summed E-state index contributed by atoms with van der Waals surface area (Å²) in [5.74, 6) is 0.509. The molecule has 1 unspecified atom stereocenters. The van der Waals surface area contributed by atoms with Crippen molar-refractivity contribution in [2.24, 2.45) is 0 Å². The molecule has 0 spiro atoms. The predicted octanol–water partition coefficient (Wildman–Crippen LogP) is 3.85. The van der Waals surface area contributed by atoms with E-state index in [0.29, 0.717) is 22.3 Å². The van der Waals surface area contributed by atoms with Crippen molar-refractivity contribution in [2.75, 3.05) is 18.5 Å². The SMILES string of the molecule is OC(CNc1ccccc1)COc1ccc(Cl)cc1Cl. The van der Waals surface area contributed by atoms with Crippen molar-refractivity contribution in [2.45, 2.75) is 6.10 Å². The molecule has 0 aromatic heterocycles. The number of aliphatic hydroxyl groups is 1. The van der Waals surface area contributed by atoms with Gasteiger partial charge in [0.15, 0.2) is 0 Å². The van der Waals surface area contributed by atoms with Crippen molar-refractivity contribution in [3.63, 3.8) is 0 Å². The van der Waals surface area contributed by atoms with E-state index in [1.165, 1.54) is 0 Å². The number of anilines is 1. The van der Waals surface area contributed by atoms with Crippen LogP contribution in [0.4, 0.5) is 5.69 Å². The predicted molar refractivity (Wildman–Crippen MR) is 82.9 cm³/mol. The van der Waals surface area contributed by atoms with Crippen molar-refractivity contribution in [1.82, 2.24) is 0 Å². The minimum Gasteiger partial charge on any atom is -0.489 e. The summed E-state index contributed by atoms with van der Waals surface area (Å²) in [6.45, 7) is 0.552. The minimum absolute atomic E-state index is 0.154. The van der Waals surface area contributed by atoms with Gasteiger partial charge in [0.05, 0.1) is 5.02 Å². The molecule has 5 heteroatoms. The maximum Gasteiger partial charge on any atom is 0.138 e. The Kier molecular flexibility index (Phi) is 5.53. The first kappa shape index (κ1) is 15.0. The molecule has 2 rings (SSSR count). The molecule has 0 aliphatic carbocycles. The fourth-order valence-electron chi connectivity index (χ4n) is 1.63. The summed E-state index contributed by atoms with van der Waals surface area (Å²) in [5.41, 5.74) is 0.955. The highest BCUT2D eigenvalue weighted by Gasteiger charge is 2.07. The Bertz CT molecular complexity index is 549. The number of ether oxygens (including phenoxy) is 1. The van der Waals surface area contributed by atoms with E-state index in [4.69, 9.17) is 27.9 Å². The molecular weight excluding hydrogens is 297 g/mol. The Morgan fingerprint density at radius 2 is 1.85 bits per heavy atom. The molecule has 20 heavy (non-hydrogen) atoms. The van der Waals surface area contributed by atoms with Gasteiger partial charge in [-0.25, -0.2) is 0 Å². The summed E-state index contributed by atoms with van der Waals surface area (Å²) >= 11 is 11.8.